The normalized spacial score (nSPS) is 39.8. The van der Waals surface area contributed by atoms with Crippen LogP contribution in [-0.2, 0) is 0 Å². The fourth-order valence-electron chi connectivity index (χ4n) is 1.07. The minimum Gasteiger partial charge on any atom is -0.247 e. The molecule has 0 amide bonds. The van der Waals surface area contributed by atoms with Crippen LogP contribution in [0.5, 0.6) is 0 Å². The van der Waals surface area contributed by atoms with Gasteiger partial charge in [-0.05, 0) is 19.3 Å². The molecule has 0 aromatic carbocycles. The van der Waals surface area contributed by atoms with Crippen molar-refractivity contribution in [2.75, 3.05) is 0 Å². The molecular weight excluding hydrogens is 110 g/mol. The highest BCUT2D eigenvalue weighted by Crippen LogP contribution is 2.22. The van der Waals surface area contributed by atoms with Gasteiger partial charge < -0.3 is 0 Å². The first-order valence-electron chi connectivity index (χ1n) is 3.07. The Morgan fingerprint density at radius 3 is 1.75 bits per heavy atom. The maximum atomic E-state index is 12.2. The number of hydrogen-bond donors (Lipinski definition) is 0. The summed E-state index contributed by atoms with van der Waals surface area (Å²) in [6.07, 6.45) is 0.279. The molecule has 0 saturated heterocycles. The van der Waals surface area contributed by atoms with Gasteiger partial charge in [-0.1, -0.05) is 0 Å². The molecular formula is C6H10F2. The Bertz CT molecular complexity index is 64.9. The van der Waals surface area contributed by atoms with Gasteiger partial charge in [-0.15, -0.1) is 0 Å². The van der Waals surface area contributed by atoms with Crippen LogP contribution < -0.4 is 0 Å². The monoisotopic (exact) mass is 120 g/mol. The molecule has 0 aromatic rings. The van der Waals surface area contributed by atoms with E-state index < -0.39 is 12.3 Å². The number of rotatable bonds is 0. The van der Waals surface area contributed by atoms with E-state index in [0.29, 0.717) is 12.8 Å². The fourth-order valence-corrected chi connectivity index (χ4v) is 1.07. The summed E-state index contributed by atoms with van der Waals surface area (Å²) >= 11 is 0. The SMILES string of the molecule is FC1CCC[C@H](F)C1. The average molecular weight is 120 g/mol. The highest BCUT2D eigenvalue weighted by Gasteiger charge is 2.19. The van der Waals surface area contributed by atoms with Crippen molar-refractivity contribution in [1.82, 2.24) is 0 Å². The van der Waals surface area contributed by atoms with Crippen LogP contribution in [0.25, 0.3) is 0 Å². The predicted molar refractivity (Wildman–Crippen MR) is 28.3 cm³/mol. The summed E-state index contributed by atoms with van der Waals surface area (Å²) in [5, 5.41) is 0. The average Bonchev–Trinajstić information content (AvgIpc) is 1.64. The highest BCUT2D eigenvalue weighted by atomic mass is 19.1. The van der Waals surface area contributed by atoms with Crippen LogP contribution in [0.4, 0.5) is 8.78 Å². The van der Waals surface area contributed by atoms with Crippen molar-refractivity contribution in [2.24, 2.45) is 0 Å². The molecule has 2 heteroatoms. The summed E-state index contributed by atoms with van der Waals surface area (Å²) < 4.78 is 24.4. The maximum Gasteiger partial charge on any atom is 0.103 e. The third-order valence-corrected chi connectivity index (χ3v) is 1.55. The van der Waals surface area contributed by atoms with Crippen molar-refractivity contribution in [3.8, 4) is 0 Å². The van der Waals surface area contributed by atoms with E-state index in [-0.39, 0.29) is 6.42 Å². The summed E-state index contributed by atoms with van der Waals surface area (Å²) in [5.41, 5.74) is 0. The van der Waals surface area contributed by atoms with Gasteiger partial charge in [-0.25, -0.2) is 8.78 Å². The van der Waals surface area contributed by atoms with E-state index in [1.54, 1.807) is 0 Å². The standard InChI is InChI=1S/C6H10F2/c7-5-2-1-3-6(8)4-5/h5-6H,1-4H2/t5-,6?/m0/s1. The Morgan fingerprint density at radius 1 is 1.00 bits per heavy atom. The third kappa shape index (κ3) is 1.42. The number of hydrogen-bond acceptors (Lipinski definition) is 0. The highest BCUT2D eigenvalue weighted by molar-refractivity contribution is 4.70. The molecule has 0 aliphatic heterocycles. The van der Waals surface area contributed by atoms with E-state index >= 15 is 0 Å². The molecule has 1 unspecified atom stereocenters. The van der Waals surface area contributed by atoms with Crippen molar-refractivity contribution >= 4 is 0 Å². The molecule has 0 N–H and O–H groups in total. The summed E-state index contributed by atoms with van der Waals surface area (Å²) in [5.74, 6) is 0. The molecule has 0 nitrogen and oxygen atoms in total. The molecule has 48 valence electrons. The zero-order valence-corrected chi connectivity index (χ0v) is 4.74. The molecule has 1 rings (SSSR count). The van der Waals surface area contributed by atoms with Crippen LogP contribution in [0.2, 0.25) is 0 Å². The lowest BCUT2D eigenvalue weighted by atomic mass is 9.97. The molecule has 2 atom stereocenters. The van der Waals surface area contributed by atoms with Gasteiger partial charge in [-0.3, -0.25) is 0 Å². The minimum atomic E-state index is -0.862. The second-order valence-electron chi connectivity index (χ2n) is 2.36. The second-order valence-corrected chi connectivity index (χ2v) is 2.36. The predicted octanol–water partition coefficient (Wildman–Crippen LogP) is 2.24. The van der Waals surface area contributed by atoms with Crippen molar-refractivity contribution in [1.29, 1.82) is 0 Å². The smallest absolute Gasteiger partial charge is 0.103 e. The lowest BCUT2D eigenvalue weighted by Gasteiger charge is -2.17. The topological polar surface area (TPSA) is 0 Å². The van der Waals surface area contributed by atoms with Crippen molar-refractivity contribution in [2.45, 2.75) is 38.0 Å². The van der Waals surface area contributed by atoms with Gasteiger partial charge in [0.1, 0.15) is 12.3 Å². The lowest BCUT2D eigenvalue weighted by Crippen LogP contribution is -2.16. The van der Waals surface area contributed by atoms with Crippen LogP contribution in [0.15, 0.2) is 0 Å². The number of alkyl halides is 2. The number of halogens is 2. The second kappa shape index (κ2) is 2.42. The Morgan fingerprint density at radius 2 is 1.50 bits per heavy atom. The summed E-state index contributed by atoms with van der Waals surface area (Å²) in [7, 11) is 0. The molecule has 0 spiro atoms. The molecule has 1 saturated carbocycles. The Kier molecular flexibility index (Phi) is 1.81. The molecule has 0 heterocycles. The van der Waals surface area contributed by atoms with Gasteiger partial charge in [0.05, 0.1) is 0 Å². The van der Waals surface area contributed by atoms with Gasteiger partial charge in [0, 0.05) is 6.42 Å². The van der Waals surface area contributed by atoms with E-state index in [4.69, 9.17) is 0 Å². The quantitative estimate of drug-likeness (QED) is 0.460. The van der Waals surface area contributed by atoms with Crippen molar-refractivity contribution in [3.05, 3.63) is 0 Å². The van der Waals surface area contributed by atoms with Crippen LogP contribution >= 0.6 is 0 Å². The van der Waals surface area contributed by atoms with Crippen LogP contribution in [-0.4, -0.2) is 12.3 Å². The Balaban J connectivity index is 2.23. The van der Waals surface area contributed by atoms with Crippen molar-refractivity contribution < 1.29 is 8.78 Å². The Hall–Kier alpha value is -0.140. The van der Waals surface area contributed by atoms with E-state index in [1.165, 1.54) is 0 Å². The molecule has 8 heavy (non-hydrogen) atoms. The third-order valence-electron chi connectivity index (χ3n) is 1.55. The molecule has 1 aliphatic rings. The zero-order valence-electron chi connectivity index (χ0n) is 4.74. The summed E-state index contributed by atoms with van der Waals surface area (Å²) in [6, 6.07) is 0. The van der Waals surface area contributed by atoms with Crippen LogP contribution in [0.1, 0.15) is 25.7 Å². The maximum absolute atomic E-state index is 12.2. The van der Waals surface area contributed by atoms with Gasteiger partial charge in [0.15, 0.2) is 0 Å². The van der Waals surface area contributed by atoms with Gasteiger partial charge >= 0.3 is 0 Å². The molecule has 0 bridgehead atoms. The first-order chi connectivity index (χ1) is 3.79. The summed E-state index contributed by atoms with van der Waals surface area (Å²) in [6.45, 7) is 0. The van der Waals surface area contributed by atoms with E-state index in [1.807, 2.05) is 0 Å². The van der Waals surface area contributed by atoms with Crippen LogP contribution in [0, 0.1) is 0 Å². The van der Waals surface area contributed by atoms with Gasteiger partial charge in [-0.2, -0.15) is 0 Å². The van der Waals surface area contributed by atoms with Crippen LogP contribution in [0.3, 0.4) is 0 Å². The first kappa shape index (κ1) is 5.99. The lowest BCUT2D eigenvalue weighted by molar-refractivity contribution is 0.159. The van der Waals surface area contributed by atoms with E-state index in [2.05, 4.69) is 0 Å². The minimum absolute atomic E-state index is 0.139. The van der Waals surface area contributed by atoms with E-state index in [0.717, 1.165) is 6.42 Å². The van der Waals surface area contributed by atoms with Gasteiger partial charge in [0.2, 0.25) is 0 Å². The largest absolute Gasteiger partial charge is 0.247 e. The fraction of sp³-hybridized carbons (Fsp3) is 1.00. The van der Waals surface area contributed by atoms with Crippen molar-refractivity contribution in [3.63, 3.8) is 0 Å². The van der Waals surface area contributed by atoms with Gasteiger partial charge in [0.25, 0.3) is 0 Å². The summed E-state index contributed by atoms with van der Waals surface area (Å²) in [4.78, 5) is 0. The molecule has 0 aromatic heterocycles. The first-order valence-corrected chi connectivity index (χ1v) is 3.07. The Labute approximate surface area is 47.9 Å². The molecule has 0 radical (unpaired) electrons. The van der Waals surface area contributed by atoms with E-state index in [9.17, 15) is 8.78 Å². The zero-order chi connectivity index (χ0) is 5.98. The molecule has 1 aliphatic carbocycles. The molecule has 1 fully saturated rings.